The Hall–Kier alpha value is -3.55. The van der Waals surface area contributed by atoms with Crippen molar-refractivity contribution in [2.75, 3.05) is 47.8 Å². The quantitative estimate of drug-likeness (QED) is 0.211. The van der Waals surface area contributed by atoms with Crippen LogP contribution >= 0.6 is 0 Å². The lowest BCUT2D eigenvalue weighted by atomic mass is 9.90. The molecule has 0 atom stereocenters. The SMILES string of the molecule is CN\C=C/C(=C(C)/C=C(\C)CN1CC=C(c2c(C)cc(C(=O)N(C)C)cc2C)CC1)C(/C)=C(\C=C/ON)NC. The summed E-state index contributed by atoms with van der Waals surface area (Å²) >= 11 is 0. The highest BCUT2D eigenvalue weighted by Crippen LogP contribution is 2.30. The zero-order valence-corrected chi connectivity index (χ0v) is 25.2. The van der Waals surface area contributed by atoms with Crippen molar-refractivity contribution < 1.29 is 9.63 Å². The predicted octanol–water partition coefficient (Wildman–Crippen LogP) is 4.99. The second kappa shape index (κ2) is 15.1. The Morgan fingerprint density at radius 1 is 1.13 bits per heavy atom. The Bertz CT molecular complexity index is 1190. The number of hydrogen-bond donors (Lipinski definition) is 3. The standard InChI is InChI=1S/C32H47N5O2/c1-22(18-23(2)29(10-14-34-6)26(5)30(35-7)13-17-39-33)21-37-15-11-27(12-16-37)31-24(3)19-28(20-25(31)4)32(38)36(8)9/h10-11,13-14,17-20,34-35H,12,15-16,21,33H2,1-9H3/b14-10-,17-13-,22-18+,29-23-,30-26+. The molecule has 0 saturated heterocycles. The molecule has 0 unspecified atom stereocenters. The Morgan fingerprint density at radius 3 is 2.31 bits per heavy atom. The highest BCUT2D eigenvalue weighted by Gasteiger charge is 2.18. The normalized spacial score (nSPS) is 16.2. The Balaban J connectivity index is 2.25. The van der Waals surface area contributed by atoms with Crippen molar-refractivity contribution in [2.24, 2.45) is 5.90 Å². The molecule has 2 rings (SSSR count). The third kappa shape index (κ3) is 8.73. The van der Waals surface area contributed by atoms with Crippen LogP contribution in [0.4, 0.5) is 0 Å². The fourth-order valence-electron chi connectivity index (χ4n) is 5.15. The third-order valence-corrected chi connectivity index (χ3v) is 6.97. The predicted molar refractivity (Wildman–Crippen MR) is 164 cm³/mol. The molecule has 1 aliphatic heterocycles. The van der Waals surface area contributed by atoms with Gasteiger partial charge in [-0.3, -0.25) is 9.69 Å². The van der Waals surface area contributed by atoms with Crippen molar-refractivity contribution in [3.63, 3.8) is 0 Å². The molecule has 7 heteroatoms. The van der Waals surface area contributed by atoms with E-state index in [2.05, 4.69) is 73.2 Å². The summed E-state index contributed by atoms with van der Waals surface area (Å²) in [4.78, 5) is 21.2. The molecule has 39 heavy (non-hydrogen) atoms. The lowest BCUT2D eigenvalue weighted by Crippen LogP contribution is -2.30. The molecule has 0 spiro atoms. The van der Waals surface area contributed by atoms with E-state index in [-0.39, 0.29) is 5.91 Å². The number of nitrogens with zero attached hydrogens (tertiary/aromatic N) is 2. The van der Waals surface area contributed by atoms with Crippen LogP contribution in [0.25, 0.3) is 5.57 Å². The van der Waals surface area contributed by atoms with E-state index in [0.717, 1.165) is 59.6 Å². The molecule has 4 N–H and O–H groups in total. The number of rotatable bonds is 11. The molecule has 1 heterocycles. The minimum atomic E-state index is 0.0432. The molecule has 1 amide bonds. The Morgan fingerprint density at radius 2 is 1.79 bits per heavy atom. The van der Waals surface area contributed by atoms with Gasteiger partial charge in [0.2, 0.25) is 0 Å². The largest absolute Gasteiger partial charge is 0.419 e. The second-order valence-corrected chi connectivity index (χ2v) is 10.3. The van der Waals surface area contributed by atoms with Crippen LogP contribution in [0.15, 0.2) is 76.9 Å². The monoisotopic (exact) mass is 533 g/mol. The van der Waals surface area contributed by atoms with Gasteiger partial charge in [0.25, 0.3) is 5.91 Å². The Labute approximate surface area is 235 Å². The van der Waals surface area contributed by atoms with Gasteiger partial charge in [-0.1, -0.05) is 17.7 Å². The van der Waals surface area contributed by atoms with Gasteiger partial charge in [0.05, 0.1) is 0 Å². The van der Waals surface area contributed by atoms with Gasteiger partial charge in [-0.2, -0.15) is 5.90 Å². The van der Waals surface area contributed by atoms with Gasteiger partial charge in [0.1, 0.15) is 6.26 Å². The molecule has 1 aromatic rings. The molecule has 0 aliphatic carbocycles. The summed E-state index contributed by atoms with van der Waals surface area (Å²) in [6.07, 6.45) is 12.9. The van der Waals surface area contributed by atoms with Crippen LogP contribution in [0, 0.1) is 13.8 Å². The van der Waals surface area contributed by atoms with Gasteiger partial charge < -0.3 is 20.4 Å². The second-order valence-electron chi connectivity index (χ2n) is 10.3. The van der Waals surface area contributed by atoms with Gasteiger partial charge >= 0.3 is 0 Å². The summed E-state index contributed by atoms with van der Waals surface area (Å²) in [7, 11) is 7.36. The van der Waals surface area contributed by atoms with Crippen molar-refractivity contribution in [3.05, 3.63) is 99.1 Å². The number of likely N-dealkylation sites (N-methyl/N-ethyl adjacent to an activating group) is 1. The average molecular weight is 534 g/mol. The first-order chi connectivity index (χ1) is 18.5. The zero-order valence-electron chi connectivity index (χ0n) is 25.2. The van der Waals surface area contributed by atoms with E-state index < -0.39 is 0 Å². The van der Waals surface area contributed by atoms with Crippen LogP contribution in [-0.2, 0) is 4.84 Å². The number of hydrogen-bond acceptors (Lipinski definition) is 6. The summed E-state index contributed by atoms with van der Waals surface area (Å²) in [5.41, 5.74) is 11.4. The number of nitrogens with two attached hydrogens (primary N) is 1. The molecule has 0 radical (unpaired) electrons. The van der Waals surface area contributed by atoms with E-state index in [0.29, 0.717) is 0 Å². The highest BCUT2D eigenvalue weighted by atomic mass is 16.6. The zero-order chi connectivity index (χ0) is 29.1. The van der Waals surface area contributed by atoms with Gasteiger partial charge in [0, 0.05) is 59.1 Å². The van der Waals surface area contributed by atoms with Gasteiger partial charge in [-0.25, -0.2) is 0 Å². The van der Waals surface area contributed by atoms with E-state index in [1.165, 1.54) is 28.5 Å². The molecular weight excluding hydrogens is 486 g/mol. The number of carbonyl (C=O) groups is 1. The summed E-state index contributed by atoms with van der Waals surface area (Å²) in [6, 6.07) is 4.05. The lowest BCUT2D eigenvalue weighted by Gasteiger charge is -2.28. The van der Waals surface area contributed by atoms with Crippen molar-refractivity contribution in [2.45, 2.75) is 41.0 Å². The maximum Gasteiger partial charge on any atom is 0.253 e. The molecule has 7 nitrogen and oxygen atoms in total. The number of allylic oxidation sites excluding steroid dienone is 6. The van der Waals surface area contributed by atoms with E-state index in [1.807, 2.05) is 38.5 Å². The number of benzene rings is 1. The summed E-state index contributed by atoms with van der Waals surface area (Å²) in [5.74, 6) is 5.22. The summed E-state index contributed by atoms with van der Waals surface area (Å²) < 4.78 is 0. The maximum atomic E-state index is 12.5. The first-order valence-electron chi connectivity index (χ1n) is 13.4. The average Bonchev–Trinajstić information content (AvgIpc) is 2.89. The minimum Gasteiger partial charge on any atom is -0.419 e. The van der Waals surface area contributed by atoms with Crippen molar-refractivity contribution in [3.8, 4) is 0 Å². The highest BCUT2D eigenvalue weighted by molar-refractivity contribution is 5.95. The van der Waals surface area contributed by atoms with Crippen LogP contribution in [-0.4, -0.2) is 63.5 Å². The molecular formula is C32H47N5O2. The fraction of sp³-hybridized carbons (Fsp3) is 0.406. The maximum absolute atomic E-state index is 12.5. The number of amides is 1. The van der Waals surface area contributed by atoms with Crippen molar-refractivity contribution in [1.82, 2.24) is 20.4 Å². The molecule has 212 valence electrons. The molecule has 0 bridgehead atoms. The molecule has 1 aliphatic rings. The van der Waals surface area contributed by atoms with Crippen molar-refractivity contribution >= 4 is 11.5 Å². The fourth-order valence-corrected chi connectivity index (χ4v) is 5.15. The van der Waals surface area contributed by atoms with Crippen LogP contribution in [0.2, 0.25) is 0 Å². The van der Waals surface area contributed by atoms with Gasteiger partial charge in [0.15, 0.2) is 0 Å². The van der Waals surface area contributed by atoms with Crippen LogP contribution in [0.1, 0.15) is 54.2 Å². The summed E-state index contributed by atoms with van der Waals surface area (Å²) in [6.45, 7) is 13.4. The molecule has 0 fully saturated rings. The van der Waals surface area contributed by atoms with E-state index >= 15 is 0 Å². The van der Waals surface area contributed by atoms with Gasteiger partial charge in [-0.05, 0) is 111 Å². The number of aryl methyl sites for hydroxylation is 2. The topological polar surface area (TPSA) is 82.9 Å². The van der Waals surface area contributed by atoms with Crippen LogP contribution in [0.5, 0.6) is 0 Å². The first-order valence-corrected chi connectivity index (χ1v) is 13.4. The van der Waals surface area contributed by atoms with E-state index in [1.54, 1.807) is 19.0 Å². The first kappa shape index (κ1) is 31.7. The minimum absolute atomic E-state index is 0.0432. The number of nitrogens with one attached hydrogen (secondary N) is 2. The van der Waals surface area contributed by atoms with Crippen LogP contribution < -0.4 is 16.5 Å². The van der Waals surface area contributed by atoms with Crippen LogP contribution in [0.3, 0.4) is 0 Å². The van der Waals surface area contributed by atoms with E-state index in [4.69, 9.17) is 5.90 Å². The van der Waals surface area contributed by atoms with Gasteiger partial charge in [-0.15, -0.1) is 0 Å². The Kier molecular flexibility index (Phi) is 12.3. The summed E-state index contributed by atoms with van der Waals surface area (Å²) in [5, 5.41) is 6.31. The van der Waals surface area contributed by atoms with Crippen molar-refractivity contribution in [1.29, 1.82) is 0 Å². The number of carbonyl (C=O) groups excluding carboxylic acids is 1. The van der Waals surface area contributed by atoms with E-state index in [9.17, 15) is 4.79 Å². The molecule has 0 aromatic heterocycles. The smallest absolute Gasteiger partial charge is 0.253 e. The lowest BCUT2D eigenvalue weighted by molar-refractivity contribution is 0.0827. The third-order valence-electron chi connectivity index (χ3n) is 6.97. The molecule has 1 aromatic carbocycles. The molecule has 0 saturated carbocycles.